The Balaban J connectivity index is 1.93. The first-order valence-electron chi connectivity index (χ1n) is 6.93. The first-order chi connectivity index (χ1) is 8.70. The van der Waals surface area contributed by atoms with Gasteiger partial charge in [0.05, 0.1) is 0 Å². The van der Waals surface area contributed by atoms with Crippen LogP contribution in [0.15, 0.2) is 28.7 Å². The fourth-order valence-electron chi connectivity index (χ4n) is 2.76. The number of nitrogens with one attached hydrogen (secondary N) is 1. The monoisotopic (exact) mass is 310 g/mol. The van der Waals surface area contributed by atoms with Crippen molar-refractivity contribution < 1.29 is 0 Å². The molecule has 1 atom stereocenters. The standard InChI is InChI=1S/C15H23BrN2/c1-3-17-15-7-9-18(10-8-15)12(2)13-5-4-6-14(16)11-13/h4-6,11-12,15,17H,3,7-10H2,1-2H3. The van der Waals surface area contributed by atoms with Crippen LogP contribution in [0.3, 0.4) is 0 Å². The molecule has 0 aromatic heterocycles. The molecular formula is C15H23BrN2. The molecule has 3 heteroatoms. The van der Waals surface area contributed by atoms with Gasteiger partial charge in [-0.2, -0.15) is 0 Å². The highest BCUT2D eigenvalue weighted by Gasteiger charge is 2.22. The maximum Gasteiger partial charge on any atom is 0.0320 e. The molecule has 1 fully saturated rings. The van der Waals surface area contributed by atoms with Crippen molar-refractivity contribution in [2.45, 2.75) is 38.8 Å². The van der Waals surface area contributed by atoms with E-state index in [0.717, 1.165) is 12.6 Å². The molecule has 18 heavy (non-hydrogen) atoms. The molecule has 0 bridgehead atoms. The summed E-state index contributed by atoms with van der Waals surface area (Å²) in [5.41, 5.74) is 1.41. The van der Waals surface area contributed by atoms with Gasteiger partial charge in [-0.25, -0.2) is 0 Å². The van der Waals surface area contributed by atoms with Crippen molar-refractivity contribution in [3.63, 3.8) is 0 Å². The van der Waals surface area contributed by atoms with E-state index in [4.69, 9.17) is 0 Å². The summed E-state index contributed by atoms with van der Waals surface area (Å²) in [4.78, 5) is 2.59. The lowest BCUT2D eigenvalue weighted by Gasteiger charge is -2.36. The largest absolute Gasteiger partial charge is 0.314 e. The van der Waals surface area contributed by atoms with Crippen molar-refractivity contribution in [3.05, 3.63) is 34.3 Å². The molecule has 1 aliphatic heterocycles. The van der Waals surface area contributed by atoms with Gasteiger partial charge < -0.3 is 5.32 Å². The normalized spacial score (nSPS) is 19.9. The first kappa shape index (κ1) is 14.0. The third-order valence-electron chi connectivity index (χ3n) is 3.90. The van der Waals surface area contributed by atoms with Crippen LogP contribution < -0.4 is 5.32 Å². The molecule has 0 saturated carbocycles. The molecule has 1 aromatic rings. The smallest absolute Gasteiger partial charge is 0.0320 e. The zero-order valence-corrected chi connectivity index (χ0v) is 12.9. The van der Waals surface area contributed by atoms with E-state index >= 15 is 0 Å². The molecule has 1 heterocycles. The van der Waals surface area contributed by atoms with E-state index in [2.05, 4.69) is 64.3 Å². The highest BCUT2D eigenvalue weighted by atomic mass is 79.9. The Morgan fingerprint density at radius 1 is 1.39 bits per heavy atom. The third kappa shape index (κ3) is 3.56. The Morgan fingerprint density at radius 3 is 2.72 bits per heavy atom. The van der Waals surface area contributed by atoms with Gasteiger partial charge in [-0.1, -0.05) is 35.0 Å². The van der Waals surface area contributed by atoms with Crippen molar-refractivity contribution >= 4 is 15.9 Å². The molecule has 1 aromatic carbocycles. The van der Waals surface area contributed by atoms with E-state index < -0.39 is 0 Å². The van der Waals surface area contributed by atoms with Crippen molar-refractivity contribution in [2.75, 3.05) is 19.6 Å². The Morgan fingerprint density at radius 2 is 2.11 bits per heavy atom. The summed E-state index contributed by atoms with van der Waals surface area (Å²) in [6, 6.07) is 9.92. The number of benzene rings is 1. The minimum absolute atomic E-state index is 0.519. The molecule has 100 valence electrons. The lowest BCUT2D eigenvalue weighted by molar-refractivity contribution is 0.153. The topological polar surface area (TPSA) is 15.3 Å². The molecule has 0 spiro atoms. The SMILES string of the molecule is CCNC1CCN(C(C)c2cccc(Br)c2)CC1. The van der Waals surface area contributed by atoms with Gasteiger partial charge in [0, 0.05) is 29.6 Å². The number of halogens is 1. The first-order valence-corrected chi connectivity index (χ1v) is 7.73. The number of nitrogens with zero attached hydrogens (tertiary/aromatic N) is 1. The van der Waals surface area contributed by atoms with Gasteiger partial charge in [0.25, 0.3) is 0 Å². The van der Waals surface area contributed by atoms with E-state index in [0.29, 0.717) is 6.04 Å². The van der Waals surface area contributed by atoms with Gasteiger partial charge >= 0.3 is 0 Å². The second kappa shape index (κ2) is 6.69. The maximum absolute atomic E-state index is 3.56. The average molecular weight is 311 g/mol. The van der Waals surface area contributed by atoms with E-state index in [-0.39, 0.29) is 0 Å². The fraction of sp³-hybridized carbons (Fsp3) is 0.600. The number of likely N-dealkylation sites (tertiary alicyclic amines) is 1. The second-order valence-corrected chi connectivity index (χ2v) is 6.01. The number of hydrogen-bond donors (Lipinski definition) is 1. The van der Waals surface area contributed by atoms with Crippen molar-refractivity contribution in [2.24, 2.45) is 0 Å². The van der Waals surface area contributed by atoms with Crippen LogP contribution in [0.2, 0.25) is 0 Å². The van der Waals surface area contributed by atoms with Crippen LogP contribution in [-0.4, -0.2) is 30.6 Å². The van der Waals surface area contributed by atoms with Crippen LogP contribution in [0.1, 0.15) is 38.3 Å². The predicted octanol–water partition coefficient (Wildman–Crippen LogP) is 3.58. The minimum atomic E-state index is 0.519. The molecule has 0 radical (unpaired) electrons. The van der Waals surface area contributed by atoms with Gasteiger partial charge in [0.1, 0.15) is 0 Å². The Bertz CT molecular complexity index is 373. The van der Waals surface area contributed by atoms with Crippen LogP contribution in [-0.2, 0) is 0 Å². The Kier molecular flexibility index (Phi) is 5.22. The molecular weight excluding hydrogens is 288 g/mol. The molecule has 0 aliphatic carbocycles. The highest BCUT2D eigenvalue weighted by Crippen LogP contribution is 2.26. The van der Waals surface area contributed by atoms with E-state index in [9.17, 15) is 0 Å². The van der Waals surface area contributed by atoms with E-state index in [1.807, 2.05) is 0 Å². The number of hydrogen-bond acceptors (Lipinski definition) is 2. The molecule has 2 nitrogen and oxygen atoms in total. The number of piperidine rings is 1. The molecule has 1 aliphatic rings. The van der Waals surface area contributed by atoms with Crippen molar-refractivity contribution in [3.8, 4) is 0 Å². The quantitative estimate of drug-likeness (QED) is 0.914. The van der Waals surface area contributed by atoms with Crippen molar-refractivity contribution in [1.82, 2.24) is 10.2 Å². The molecule has 1 unspecified atom stereocenters. The van der Waals surface area contributed by atoms with Gasteiger partial charge in [-0.05, 0) is 44.0 Å². The lowest BCUT2D eigenvalue weighted by Crippen LogP contribution is -2.43. The van der Waals surface area contributed by atoms with Crippen LogP contribution in [0.25, 0.3) is 0 Å². The molecule has 2 rings (SSSR count). The summed E-state index contributed by atoms with van der Waals surface area (Å²) in [7, 11) is 0. The van der Waals surface area contributed by atoms with Crippen LogP contribution >= 0.6 is 15.9 Å². The van der Waals surface area contributed by atoms with E-state index in [1.165, 1.54) is 36.0 Å². The summed E-state index contributed by atoms with van der Waals surface area (Å²) in [6.07, 6.45) is 2.54. The summed E-state index contributed by atoms with van der Waals surface area (Å²) in [6.45, 7) is 7.99. The summed E-state index contributed by atoms with van der Waals surface area (Å²) < 4.78 is 1.18. The van der Waals surface area contributed by atoms with Gasteiger partial charge in [0.2, 0.25) is 0 Å². The molecule has 0 amide bonds. The zero-order chi connectivity index (χ0) is 13.0. The van der Waals surface area contributed by atoms with Crippen LogP contribution in [0.5, 0.6) is 0 Å². The second-order valence-electron chi connectivity index (χ2n) is 5.10. The van der Waals surface area contributed by atoms with E-state index in [1.54, 1.807) is 0 Å². The maximum atomic E-state index is 3.56. The minimum Gasteiger partial charge on any atom is -0.314 e. The highest BCUT2D eigenvalue weighted by molar-refractivity contribution is 9.10. The molecule has 1 saturated heterocycles. The third-order valence-corrected chi connectivity index (χ3v) is 4.39. The number of rotatable bonds is 4. The lowest BCUT2D eigenvalue weighted by atomic mass is 10.0. The van der Waals surface area contributed by atoms with Crippen LogP contribution in [0.4, 0.5) is 0 Å². The van der Waals surface area contributed by atoms with Crippen LogP contribution in [0, 0.1) is 0 Å². The molecule has 1 N–H and O–H groups in total. The summed E-state index contributed by atoms with van der Waals surface area (Å²) in [5.74, 6) is 0. The summed E-state index contributed by atoms with van der Waals surface area (Å²) in [5, 5.41) is 3.56. The summed E-state index contributed by atoms with van der Waals surface area (Å²) >= 11 is 3.56. The Labute approximate surface area is 119 Å². The van der Waals surface area contributed by atoms with Gasteiger partial charge in [0.15, 0.2) is 0 Å². The average Bonchev–Trinajstić information content (AvgIpc) is 2.39. The van der Waals surface area contributed by atoms with Crippen molar-refractivity contribution in [1.29, 1.82) is 0 Å². The Hall–Kier alpha value is -0.380. The van der Waals surface area contributed by atoms with Gasteiger partial charge in [-0.15, -0.1) is 0 Å². The predicted molar refractivity (Wildman–Crippen MR) is 80.8 cm³/mol. The zero-order valence-electron chi connectivity index (χ0n) is 11.3. The fourth-order valence-corrected chi connectivity index (χ4v) is 3.17. The van der Waals surface area contributed by atoms with Gasteiger partial charge in [-0.3, -0.25) is 4.90 Å².